The number of ether oxygens (including phenoxy) is 1. The Morgan fingerprint density at radius 3 is 2.67 bits per heavy atom. The van der Waals surface area contributed by atoms with Crippen LogP contribution in [-0.4, -0.2) is 30.8 Å². The quantitative estimate of drug-likeness (QED) is 0.641. The second kappa shape index (κ2) is 7.50. The van der Waals surface area contributed by atoms with Crippen molar-refractivity contribution in [1.29, 1.82) is 5.26 Å². The molecule has 1 aromatic heterocycles. The van der Waals surface area contributed by atoms with E-state index in [0.717, 1.165) is 4.31 Å². The topological polar surface area (TPSA) is 104 Å². The fraction of sp³-hybridized carbons (Fsp3) is 0.0952. The van der Waals surface area contributed by atoms with Crippen LogP contribution in [0.4, 0.5) is 16.3 Å². The van der Waals surface area contributed by atoms with E-state index in [-0.39, 0.29) is 17.3 Å². The average Bonchev–Trinajstić information content (AvgIpc) is 2.77. The largest absolute Gasteiger partial charge is 0.497 e. The lowest BCUT2D eigenvalue weighted by molar-refractivity contribution is 0.229. The molecular weight excluding hydrogens is 404 g/mol. The molecule has 1 aliphatic rings. The van der Waals surface area contributed by atoms with Crippen LogP contribution in [0.2, 0.25) is 0 Å². The van der Waals surface area contributed by atoms with Crippen molar-refractivity contribution in [2.24, 2.45) is 0 Å². The van der Waals surface area contributed by atoms with E-state index < -0.39 is 16.1 Å². The number of sulfonamides is 1. The van der Waals surface area contributed by atoms with Crippen molar-refractivity contribution in [3.05, 3.63) is 78.0 Å². The lowest BCUT2D eigenvalue weighted by Crippen LogP contribution is -2.48. The van der Waals surface area contributed by atoms with Crippen molar-refractivity contribution in [1.82, 2.24) is 9.29 Å². The van der Waals surface area contributed by atoms with Gasteiger partial charge in [-0.15, -0.1) is 0 Å². The number of carbonyl (C=O) groups excluding carboxylic acids is 1. The average molecular weight is 420 g/mol. The molecule has 3 aromatic rings. The van der Waals surface area contributed by atoms with E-state index in [0.29, 0.717) is 22.6 Å². The number of pyridine rings is 1. The van der Waals surface area contributed by atoms with Crippen molar-refractivity contribution in [2.45, 2.75) is 11.4 Å². The molecule has 0 N–H and O–H groups in total. The molecular formula is C21H16N4O4S. The summed E-state index contributed by atoms with van der Waals surface area (Å²) in [6, 6.07) is 17.4. The second-order valence-electron chi connectivity index (χ2n) is 6.47. The number of amides is 2. The molecule has 0 saturated carbocycles. The summed E-state index contributed by atoms with van der Waals surface area (Å²) in [5, 5.41) is 9.12. The van der Waals surface area contributed by atoms with Gasteiger partial charge in [-0.3, -0.25) is 0 Å². The first-order chi connectivity index (χ1) is 14.5. The predicted octanol–water partition coefficient (Wildman–Crippen LogP) is 3.42. The molecule has 4 rings (SSSR count). The highest BCUT2D eigenvalue weighted by atomic mass is 32.2. The number of hydrogen-bond acceptors (Lipinski definition) is 6. The van der Waals surface area contributed by atoms with Crippen molar-refractivity contribution in [2.75, 3.05) is 12.0 Å². The molecule has 2 aromatic carbocycles. The molecule has 2 amide bonds. The van der Waals surface area contributed by atoms with Crippen LogP contribution in [0, 0.1) is 11.3 Å². The zero-order valence-corrected chi connectivity index (χ0v) is 16.7. The summed E-state index contributed by atoms with van der Waals surface area (Å²) in [6.07, 6.45) is 1.43. The second-order valence-corrected chi connectivity index (χ2v) is 8.30. The van der Waals surface area contributed by atoms with Crippen LogP contribution >= 0.6 is 0 Å². The number of fused-ring (bicyclic) bond motifs is 1. The van der Waals surface area contributed by atoms with Crippen molar-refractivity contribution in [3.63, 3.8) is 0 Å². The Balaban J connectivity index is 1.86. The number of anilines is 2. The summed E-state index contributed by atoms with van der Waals surface area (Å²) in [5.41, 5.74) is 1.31. The number of methoxy groups -OCH3 is 1. The maximum Gasteiger partial charge on any atom is 0.344 e. The van der Waals surface area contributed by atoms with Crippen LogP contribution in [-0.2, 0) is 16.6 Å². The Hall–Kier alpha value is -3.90. The van der Waals surface area contributed by atoms with Crippen molar-refractivity contribution < 1.29 is 17.9 Å². The lowest BCUT2D eigenvalue weighted by Gasteiger charge is -2.35. The van der Waals surface area contributed by atoms with Crippen LogP contribution in [0.5, 0.6) is 5.75 Å². The summed E-state index contributed by atoms with van der Waals surface area (Å²) in [5.74, 6) is 0.539. The molecule has 8 nitrogen and oxygen atoms in total. The van der Waals surface area contributed by atoms with Crippen molar-refractivity contribution >= 4 is 27.6 Å². The zero-order valence-electron chi connectivity index (χ0n) is 15.9. The minimum atomic E-state index is -4.14. The number of hydrogen-bond donors (Lipinski definition) is 0. The van der Waals surface area contributed by atoms with Gasteiger partial charge in [0.1, 0.15) is 10.6 Å². The normalized spacial score (nSPS) is 14.7. The first-order valence-electron chi connectivity index (χ1n) is 8.90. The van der Waals surface area contributed by atoms with Crippen LogP contribution in [0.3, 0.4) is 0 Å². The standard InChI is InChI=1S/C21H16N4O4S/c1-29-18-8-3-7-17(12-18)25-20-19(9-4-10-23-20)30(27,28)24(21(25)26)14-16-6-2-5-15(11-16)13-22/h2-12H,14H2,1H3. The highest BCUT2D eigenvalue weighted by molar-refractivity contribution is 7.90. The summed E-state index contributed by atoms with van der Waals surface area (Å²) >= 11 is 0. The van der Waals surface area contributed by atoms with Crippen LogP contribution in [0.25, 0.3) is 0 Å². The fourth-order valence-electron chi connectivity index (χ4n) is 3.22. The highest BCUT2D eigenvalue weighted by Gasteiger charge is 2.43. The number of benzene rings is 2. The summed E-state index contributed by atoms with van der Waals surface area (Å²) in [6.45, 7) is -0.217. The van der Waals surface area contributed by atoms with E-state index in [1.807, 2.05) is 6.07 Å². The number of nitriles is 1. The van der Waals surface area contributed by atoms with Crippen LogP contribution in [0.15, 0.2) is 71.8 Å². The van der Waals surface area contributed by atoms with Gasteiger partial charge >= 0.3 is 6.03 Å². The number of urea groups is 1. The number of rotatable bonds is 4. The van der Waals surface area contributed by atoms with E-state index in [1.54, 1.807) is 48.5 Å². The molecule has 2 heterocycles. The first-order valence-corrected chi connectivity index (χ1v) is 10.3. The van der Waals surface area contributed by atoms with E-state index in [4.69, 9.17) is 10.00 Å². The van der Waals surface area contributed by atoms with Crippen LogP contribution < -0.4 is 9.64 Å². The van der Waals surface area contributed by atoms with Gasteiger partial charge in [0.05, 0.1) is 31.0 Å². The summed E-state index contributed by atoms with van der Waals surface area (Å²) < 4.78 is 32.5. The van der Waals surface area contributed by atoms with Gasteiger partial charge in [-0.1, -0.05) is 18.2 Å². The zero-order chi connectivity index (χ0) is 21.3. The lowest BCUT2D eigenvalue weighted by atomic mass is 10.1. The third-order valence-electron chi connectivity index (χ3n) is 4.63. The van der Waals surface area contributed by atoms with Gasteiger partial charge in [0.15, 0.2) is 5.82 Å². The molecule has 150 valence electrons. The molecule has 0 aliphatic carbocycles. The maximum atomic E-state index is 13.4. The monoisotopic (exact) mass is 420 g/mol. The van der Waals surface area contributed by atoms with Gasteiger partial charge in [0, 0.05) is 12.3 Å². The Bertz CT molecular complexity index is 1280. The van der Waals surface area contributed by atoms with Crippen molar-refractivity contribution in [3.8, 4) is 11.8 Å². The molecule has 0 bridgehead atoms. The smallest absolute Gasteiger partial charge is 0.344 e. The molecule has 1 aliphatic heterocycles. The summed E-state index contributed by atoms with van der Waals surface area (Å²) in [7, 11) is -2.64. The third kappa shape index (κ3) is 3.23. The molecule has 0 unspecified atom stereocenters. The van der Waals surface area contributed by atoms with Gasteiger partial charge in [0.25, 0.3) is 10.0 Å². The minimum Gasteiger partial charge on any atom is -0.497 e. The first kappa shape index (κ1) is 19.4. The SMILES string of the molecule is COc1cccc(N2C(=O)N(Cc3cccc(C#N)c3)S(=O)(=O)c3cccnc32)c1. The summed E-state index contributed by atoms with van der Waals surface area (Å²) in [4.78, 5) is 18.7. The molecule has 9 heteroatoms. The Morgan fingerprint density at radius 2 is 1.90 bits per heavy atom. The molecule has 0 saturated heterocycles. The van der Waals surface area contributed by atoms with Gasteiger partial charge in [0.2, 0.25) is 0 Å². The maximum absolute atomic E-state index is 13.4. The van der Waals surface area contributed by atoms with E-state index >= 15 is 0 Å². The van der Waals surface area contributed by atoms with Crippen LogP contribution in [0.1, 0.15) is 11.1 Å². The molecule has 0 fully saturated rings. The molecule has 0 radical (unpaired) electrons. The third-order valence-corrected chi connectivity index (χ3v) is 6.37. The molecule has 30 heavy (non-hydrogen) atoms. The highest BCUT2D eigenvalue weighted by Crippen LogP contribution is 2.38. The minimum absolute atomic E-state index is 0.0257. The van der Waals surface area contributed by atoms with Gasteiger partial charge in [-0.05, 0) is 42.0 Å². The number of nitrogens with zero attached hydrogens (tertiary/aromatic N) is 4. The Labute approximate surface area is 173 Å². The Morgan fingerprint density at radius 1 is 1.10 bits per heavy atom. The van der Waals surface area contributed by atoms with Gasteiger partial charge < -0.3 is 4.74 Å². The Kier molecular flexibility index (Phi) is 4.85. The van der Waals surface area contributed by atoms with E-state index in [1.165, 1.54) is 30.3 Å². The van der Waals surface area contributed by atoms with E-state index in [9.17, 15) is 13.2 Å². The number of aromatic nitrogens is 1. The fourth-order valence-corrected chi connectivity index (χ4v) is 4.68. The number of carbonyl (C=O) groups is 1. The molecule has 0 atom stereocenters. The predicted molar refractivity (Wildman–Crippen MR) is 109 cm³/mol. The van der Waals surface area contributed by atoms with Gasteiger partial charge in [-0.2, -0.15) is 5.26 Å². The van der Waals surface area contributed by atoms with Gasteiger partial charge in [-0.25, -0.2) is 27.4 Å². The van der Waals surface area contributed by atoms with E-state index in [2.05, 4.69) is 4.98 Å². The molecule has 0 spiro atoms.